The average Bonchev–Trinajstić information content (AvgIpc) is 2.87. The molecular formula is C15H16N2OS. The first-order chi connectivity index (χ1) is 9.20. The van der Waals surface area contributed by atoms with Gasteiger partial charge in [0.2, 0.25) is 0 Å². The number of carbonyl (C=O) groups excluding carboxylic acids is 1. The van der Waals surface area contributed by atoms with Crippen LogP contribution in [0.2, 0.25) is 0 Å². The first-order valence-electron chi connectivity index (χ1n) is 6.18. The monoisotopic (exact) mass is 272 g/mol. The van der Waals surface area contributed by atoms with Crippen molar-refractivity contribution in [3.8, 4) is 0 Å². The number of thiophene rings is 1. The van der Waals surface area contributed by atoms with Gasteiger partial charge in [0.1, 0.15) is 0 Å². The van der Waals surface area contributed by atoms with E-state index in [1.807, 2.05) is 31.2 Å². The third-order valence-electron chi connectivity index (χ3n) is 2.78. The molecule has 19 heavy (non-hydrogen) atoms. The predicted molar refractivity (Wildman–Crippen MR) is 79.9 cm³/mol. The molecule has 0 saturated carbocycles. The van der Waals surface area contributed by atoms with Crippen LogP contribution in [-0.4, -0.2) is 12.1 Å². The van der Waals surface area contributed by atoms with Crippen LogP contribution in [0.3, 0.4) is 0 Å². The Morgan fingerprint density at radius 1 is 1.32 bits per heavy atom. The first-order valence-corrected chi connectivity index (χ1v) is 7.00. The Morgan fingerprint density at radius 2 is 2.11 bits per heavy atom. The fraction of sp³-hybridized carbons (Fsp3) is 0.200. The van der Waals surface area contributed by atoms with E-state index in [0.29, 0.717) is 5.56 Å². The SMILES string of the molecule is CCc1ccc(/C=N/NC(=O)c2ccccc2C)s1. The van der Waals surface area contributed by atoms with Gasteiger partial charge in [-0.2, -0.15) is 5.10 Å². The molecule has 0 radical (unpaired) electrons. The molecule has 1 heterocycles. The van der Waals surface area contributed by atoms with Crippen LogP contribution in [0.4, 0.5) is 0 Å². The van der Waals surface area contributed by atoms with Crippen LogP contribution in [0.5, 0.6) is 0 Å². The van der Waals surface area contributed by atoms with Gasteiger partial charge in [-0.1, -0.05) is 25.1 Å². The highest BCUT2D eigenvalue weighted by atomic mass is 32.1. The summed E-state index contributed by atoms with van der Waals surface area (Å²) in [6.45, 7) is 4.03. The van der Waals surface area contributed by atoms with Crippen molar-refractivity contribution in [2.24, 2.45) is 5.10 Å². The highest BCUT2D eigenvalue weighted by Gasteiger charge is 2.06. The van der Waals surface area contributed by atoms with Gasteiger partial charge in [-0.3, -0.25) is 4.79 Å². The summed E-state index contributed by atoms with van der Waals surface area (Å²) in [6.07, 6.45) is 2.70. The average molecular weight is 272 g/mol. The van der Waals surface area contributed by atoms with Crippen LogP contribution >= 0.6 is 11.3 Å². The number of hydrogen-bond donors (Lipinski definition) is 1. The number of carbonyl (C=O) groups is 1. The summed E-state index contributed by atoms with van der Waals surface area (Å²) < 4.78 is 0. The lowest BCUT2D eigenvalue weighted by Crippen LogP contribution is -2.18. The lowest BCUT2D eigenvalue weighted by Gasteiger charge is -2.02. The van der Waals surface area contributed by atoms with E-state index in [1.165, 1.54) is 4.88 Å². The van der Waals surface area contributed by atoms with E-state index in [9.17, 15) is 4.79 Å². The molecule has 3 nitrogen and oxygen atoms in total. The molecule has 0 aliphatic carbocycles. The van der Waals surface area contributed by atoms with Crippen LogP contribution in [0.1, 0.15) is 32.6 Å². The van der Waals surface area contributed by atoms with E-state index in [-0.39, 0.29) is 5.91 Å². The summed E-state index contributed by atoms with van der Waals surface area (Å²) in [5, 5.41) is 3.99. The van der Waals surface area contributed by atoms with Crippen molar-refractivity contribution in [1.29, 1.82) is 0 Å². The molecule has 1 aromatic carbocycles. The second kappa shape index (κ2) is 6.29. The maximum atomic E-state index is 11.9. The van der Waals surface area contributed by atoms with Gasteiger partial charge < -0.3 is 0 Å². The van der Waals surface area contributed by atoms with E-state index >= 15 is 0 Å². The number of aryl methyl sites for hydroxylation is 2. The zero-order valence-electron chi connectivity index (χ0n) is 11.0. The Hall–Kier alpha value is -1.94. The van der Waals surface area contributed by atoms with Gasteiger partial charge in [0, 0.05) is 15.3 Å². The van der Waals surface area contributed by atoms with Crippen molar-refractivity contribution < 1.29 is 4.79 Å². The zero-order chi connectivity index (χ0) is 13.7. The van der Waals surface area contributed by atoms with Crippen LogP contribution in [0, 0.1) is 6.92 Å². The fourth-order valence-electron chi connectivity index (χ4n) is 1.70. The van der Waals surface area contributed by atoms with Crippen molar-refractivity contribution in [3.63, 3.8) is 0 Å². The summed E-state index contributed by atoms with van der Waals surface area (Å²) in [7, 11) is 0. The Morgan fingerprint density at radius 3 is 2.79 bits per heavy atom. The molecule has 1 aromatic heterocycles. The quantitative estimate of drug-likeness (QED) is 0.673. The van der Waals surface area contributed by atoms with Gasteiger partial charge in [-0.15, -0.1) is 11.3 Å². The summed E-state index contributed by atoms with van der Waals surface area (Å²) in [5.41, 5.74) is 4.15. The third-order valence-corrected chi connectivity index (χ3v) is 3.94. The van der Waals surface area contributed by atoms with Gasteiger partial charge in [-0.05, 0) is 37.1 Å². The molecule has 1 amide bonds. The molecule has 0 fully saturated rings. The third kappa shape index (κ3) is 3.51. The smallest absolute Gasteiger partial charge is 0.267 e. The summed E-state index contributed by atoms with van der Waals surface area (Å²) >= 11 is 1.68. The highest BCUT2D eigenvalue weighted by Crippen LogP contribution is 2.14. The van der Waals surface area contributed by atoms with Crippen LogP contribution < -0.4 is 5.43 Å². The fourth-order valence-corrected chi connectivity index (χ4v) is 2.52. The minimum absolute atomic E-state index is 0.179. The molecule has 0 bridgehead atoms. The number of benzene rings is 1. The maximum Gasteiger partial charge on any atom is 0.271 e. The summed E-state index contributed by atoms with van der Waals surface area (Å²) in [4.78, 5) is 14.3. The molecular weight excluding hydrogens is 256 g/mol. The second-order valence-corrected chi connectivity index (χ2v) is 5.37. The maximum absolute atomic E-state index is 11.9. The lowest BCUT2D eigenvalue weighted by molar-refractivity contribution is 0.0954. The summed E-state index contributed by atoms with van der Waals surface area (Å²) in [6, 6.07) is 11.5. The molecule has 0 aliphatic heterocycles. The minimum Gasteiger partial charge on any atom is -0.267 e. The molecule has 4 heteroatoms. The highest BCUT2D eigenvalue weighted by molar-refractivity contribution is 7.13. The van der Waals surface area contributed by atoms with E-state index in [2.05, 4.69) is 23.5 Å². The lowest BCUT2D eigenvalue weighted by atomic mass is 10.1. The molecule has 1 N–H and O–H groups in total. The van der Waals surface area contributed by atoms with Crippen molar-refractivity contribution in [3.05, 3.63) is 57.3 Å². The number of hydrogen-bond acceptors (Lipinski definition) is 3. The standard InChI is InChI=1S/C15H16N2OS/c1-3-12-8-9-13(19-12)10-16-17-15(18)14-7-5-4-6-11(14)2/h4-10H,3H2,1-2H3,(H,17,18)/b16-10+. The molecule has 0 spiro atoms. The van der Waals surface area contributed by atoms with Crippen LogP contribution in [0.25, 0.3) is 0 Å². The van der Waals surface area contributed by atoms with Gasteiger partial charge >= 0.3 is 0 Å². The summed E-state index contributed by atoms with van der Waals surface area (Å²) in [5.74, 6) is -0.179. The Bertz CT molecular complexity index is 602. The Kier molecular flexibility index (Phi) is 4.47. The van der Waals surface area contributed by atoms with Crippen LogP contribution in [0.15, 0.2) is 41.5 Å². The molecule has 0 aliphatic rings. The predicted octanol–water partition coefficient (Wildman–Crippen LogP) is 3.38. The number of hydrazone groups is 1. The largest absolute Gasteiger partial charge is 0.271 e. The molecule has 0 saturated heterocycles. The van der Waals surface area contributed by atoms with Gasteiger partial charge in [0.05, 0.1) is 6.21 Å². The van der Waals surface area contributed by atoms with Gasteiger partial charge in [0.15, 0.2) is 0 Å². The van der Waals surface area contributed by atoms with Crippen molar-refractivity contribution in [2.75, 3.05) is 0 Å². The molecule has 2 aromatic rings. The number of rotatable bonds is 4. The van der Waals surface area contributed by atoms with E-state index in [0.717, 1.165) is 16.9 Å². The van der Waals surface area contributed by atoms with Gasteiger partial charge in [-0.25, -0.2) is 5.43 Å². The van der Waals surface area contributed by atoms with Crippen molar-refractivity contribution in [2.45, 2.75) is 20.3 Å². The van der Waals surface area contributed by atoms with E-state index in [1.54, 1.807) is 23.6 Å². The normalized spacial score (nSPS) is 10.8. The number of nitrogens with one attached hydrogen (secondary N) is 1. The molecule has 0 unspecified atom stereocenters. The van der Waals surface area contributed by atoms with Crippen LogP contribution in [-0.2, 0) is 6.42 Å². The number of amides is 1. The van der Waals surface area contributed by atoms with E-state index in [4.69, 9.17) is 0 Å². The topological polar surface area (TPSA) is 41.5 Å². The molecule has 0 atom stereocenters. The minimum atomic E-state index is -0.179. The van der Waals surface area contributed by atoms with Gasteiger partial charge in [0.25, 0.3) is 5.91 Å². The zero-order valence-corrected chi connectivity index (χ0v) is 11.8. The molecule has 98 valence electrons. The van der Waals surface area contributed by atoms with Crippen molar-refractivity contribution in [1.82, 2.24) is 5.43 Å². The molecule has 2 rings (SSSR count). The van der Waals surface area contributed by atoms with E-state index < -0.39 is 0 Å². The van der Waals surface area contributed by atoms with Crippen molar-refractivity contribution >= 4 is 23.5 Å². The Balaban J connectivity index is 1.99. The second-order valence-electron chi connectivity index (χ2n) is 4.17. The first kappa shape index (κ1) is 13.5. The Labute approximate surface area is 117 Å². The number of nitrogens with zero attached hydrogens (tertiary/aromatic N) is 1.